The number of Topliss-reactive ketones (excluding diaryl/α,β-unsaturated/α-hetero) is 1. The Kier molecular flexibility index (Phi) is 6.32. The maximum Gasteiger partial charge on any atom is 0.228 e. The Morgan fingerprint density at radius 1 is 0.881 bits per heavy atom. The van der Waals surface area contributed by atoms with Crippen molar-refractivity contribution in [3.8, 4) is 33.2 Å². The fraction of sp³-hybridized carbons (Fsp3) is 0.0645. The molecule has 1 amide bonds. The summed E-state index contributed by atoms with van der Waals surface area (Å²) in [5.41, 5.74) is 7.19. The number of carbonyl (C=O) groups is 2. The number of amides is 1. The number of nitrogens with one attached hydrogen (secondary N) is 3. The fourth-order valence-electron chi connectivity index (χ4n) is 4.76. The number of rotatable bonds is 7. The molecule has 1 aromatic carbocycles. The number of carbonyl (C=O) groups excluding carboxylic acids is 2. The second-order valence-corrected chi connectivity index (χ2v) is 10.8. The van der Waals surface area contributed by atoms with Crippen molar-refractivity contribution in [2.75, 3.05) is 5.32 Å². The summed E-state index contributed by atoms with van der Waals surface area (Å²) in [5.74, 6) is 0.437. The lowest BCUT2D eigenvalue weighted by Gasteiger charge is -2.07. The zero-order valence-electron chi connectivity index (χ0n) is 22.3. The van der Waals surface area contributed by atoms with Crippen LogP contribution in [0.3, 0.4) is 0 Å². The quantitative estimate of drug-likeness (QED) is 0.197. The first-order chi connectivity index (χ1) is 20.5. The van der Waals surface area contributed by atoms with Gasteiger partial charge in [-0.25, -0.2) is 9.97 Å². The van der Waals surface area contributed by atoms with Crippen LogP contribution in [0.2, 0.25) is 0 Å². The molecule has 6 heterocycles. The van der Waals surface area contributed by atoms with Crippen LogP contribution in [0.25, 0.3) is 55.3 Å². The number of hydrogen-bond acceptors (Lipinski definition) is 8. The van der Waals surface area contributed by atoms with Crippen LogP contribution < -0.4 is 5.32 Å². The van der Waals surface area contributed by atoms with Gasteiger partial charge in [-0.2, -0.15) is 5.10 Å². The predicted octanol–water partition coefficient (Wildman–Crippen LogP) is 6.07. The van der Waals surface area contributed by atoms with Crippen molar-refractivity contribution in [3.05, 3.63) is 95.9 Å². The maximum atomic E-state index is 12.6. The largest absolute Gasteiger partial charge is 0.335 e. The maximum absolute atomic E-state index is 12.6. The van der Waals surface area contributed by atoms with E-state index in [1.807, 2.05) is 60.7 Å². The number of H-pyrrole nitrogens is 2. The molecule has 7 aromatic rings. The summed E-state index contributed by atoms with van der Waals surface area (Å²) in [7, 11) is 0. The third-order valence-corrected chi connectivity index (χ3v) is 7.99. The summed E-state index contributed by atoms with van der Waals surface area (Å²) in [6.45, 7) is 1.55. The van der Waals surface area contributed by atoms with E-state index in [-0.39, 0.29) is 18.1 Å². The van der Waals surface area contributed by atoms with Crippen LogP contribution >= 0.6 is 11.3 Å². The highest BCUT2D eigenvalue weighted by atomic mass is 32.1. The standard InChI is InChI=1S/C31H22N8O2S/c1-17(40)25-9-10-26(42-25)21-15-33-16-24-28(21)37-31(36-24)30-29-23(38-39-30)8-7-22(35-29)19-12-20(14-32-13-19)34-27(41)11-18-5-3-2-4-6-18/h2-10,12-16H,11H2,1H3,(H,34,41)(H,36,37)(H,38,39). The topological polar surface area (TPSA) is 142 Å². The van der Waals surface area contributed by atoms with Crippen molar-refractivity contribution >= 4 is 50.8 Å². The molecule has 0 saturated carbocycles. The number of thiophene rings is 1. The monoisotopic (exact) mass is 570 g/mol. The van der Waals surface area contributed by atoms with Crippen molar-refractivity contribution in [1.82, 2.24) is 35.1 Å². The number of anilines is 1. The average molecular weight is 571 g/mol. The molecule has 204 valence electrons. The first-order valence-electron chi connectivity index (χ1n) is 13.1. The number of nitrogens with zero attached hydrogens (tertiary/aromatic N) is 5. The van der Waals surface area contributed by atoms with E-state index < -0.39 is 0 Å². The van der Waals surface area contributed by atoms with Gasteiger partial charge in [0.1, 0.15) is 11.0 Å². The number of aromatic nitrogens is 7. The van der Waals surface area contributed by atoms with Gasteiger partial charge in [0.2, 0.25) is 5.91 Å². The van der Waals surface area contributed by atoms with Gasteiger partial charge in [0.15, 0.2) is 17.3 Å². The number of fused-ring (bicyclic) bond motifs is 2. The van der Waals surface area contributed by atoms with E-state index in [1.165, 1.54) is 11.3 Å². The van der Waals surface area contributed by atoms with E-state index in [4.69, 9.17) is 9.97 Å². The van der Waals surface area contributed by atoms with Gasteiger partial charge in [0, 0.05) is 28.4 Å². The zero-order valence-corrected chi connectivity index (χ0v) is 23.1. The number of benzene rings is 1. The van der Waals surface area contributed by atoms with E-state index in [0.29, 0.717) is 33.3 Å². The van der Waals surface area contributed by atoms with E-state index in [2.05, 4.69) is 30.5 Å². The molecule has 0 atom stereocenters. The Bertz CT molecular complexity index is 2110. The lowest BCUT2D eigenvalue weighted by Crippen LogP contribution is -2.14. The predicted molar refractivity (Wildman–Crippen MR) is 162 cm³/mol. The number of pyridine rings is 3. The van der Waals surface area contributed by atoms with Gasteiger partial charge in [-0.15, -0.1) is 11.3 Å². The second kappa shape index (κ2) is 10.5. The molecule has 11 heteroatoms. The third-order valence-electron chi connectivity index (χ3n) is 6.77. The molecule has 6 aromatic heterocycles. The van der Waals surface area contributed by atoms with Crippen molar-refractivity contribution in [1.29, 1.82) is 0 Å². The van der Waals surface area contributed by atoms with Crippen LogP contribution in [0.15, 0.2) is 85.5 Å². The van der Waals surface area contributed by atoms with Gasteiger partial charge in [-0.05, 0) is 42.8 Å². The molecule has 0 aliphatic rings. The molecule has 3 N–H and O–H groups in total. The summed E-state index contributed by atoms with van der Waals surface area (Å²) in [6, 6.07) is 18.9. The normalized spacial score (nSPS) is 11.3. The minimum atomic E-state index is -0.125. The minimum Gasteiger partial charge on any atom is -0.335 e. The summed E-state index contributed by atoms with van der Waals surface area (Å²) >= 11 is 1.41. The molecular formula is C31H22N8O2S. The molecular weight excluding hydrogens is 548 g/mol. The Morgan fingerprint density at radius 2 is 1.74 bits per heavy atom. The third kappa shape index (κ3) is 4.82. The molecule has 0 aliphatic carbocycles. The number of ketones is 1. The molecule has 7 rings (SSSR count). The smallest absolute Gasteiger partial charge is 0.228 e. The van der Waals surface area contributed by atoms with Gasteiger partial charge in [0.05, 0.1) is 46.1 Å². The highest BCUT2D eigenvalue weighted by Gasteiger charge is 2.18. The van der Waals surface area contributed by atoms with Gasteiger partial charge in [-0.1, -0.05) is 30.3 Å². The molecule has 42 heavy (non-hydrogen) atoms. The Labute approximate surface area is 242 Å². The molecule has 0 unspecified atom stereocenters. The number of hydrogen-bond donors (Lipinski definition) is 3. The van der Waals surface area contributed by atoms with Crippen LogP contribution in [0.1, 0.15) is 22.2 Å². The van der Waals surface area contributed by atoms with Crippen molar-refractivity contribution in [2.45, 2.75) is 13.3 Å². The summed E-state index contributed by atoms with van der Waals surface area (Å²) in [6.07, 6.45) is 7.05. The van der Waals surface area contributed by atoms with Gasteiger partial charge >= 0.3 is 0 Å². The van der Waals surface area contributed by atoms with Crippen LogP contribution in [0.5, 0.6) is 0 Å². The number of aromatic amines is 2. The van der Waals surface area contributed by atoms with Crippen molar-refractivity contribution < 1.29 is 9.59 Å². The van der Waals surface area contributed by atoms with Gasteiger partial charge in [-0.3, -0.25) is 24.7 Å². The highest BCUT2D eigenvalue weighted by Crippen LogP contribution is 2.34. The summed E-state index contributed by atoms with van der Waals surface area (Å²) in [5, 5.41) is 10.5. The van der Waals surface area contributed by atoms with Crippen LogP contribution in [-0.2, 0) is 11.2 Å². The summed E-state index contributed by atoms with van der Waals surface area (Å²) in [4.78, 5) is 47.8. The molecule has 0 bridgehead atoms. The number of imidazole rings is 1. The van der Waals surface area contributed by atoms with Gasteiger partial charge < -0.3 is 10.3 Å². The molecule has 0 aliphatic heterocycles. The van der Waals surface area contributed by atoms with Crippen LogP contribution in [-0.4, -0.2) is 46.8 Å². The fourth-order valence-corrected chi connectivity index (χ4v) is 5.67. The molecule has 0 spiro atoms. The van der Waals surface area contributed by atoms with Crippen molar-refractivity contribution in [2.24, 2.45) is 0 Å². The van der Waals surface area contributed by atoms with Crippen LogP contribution in [0.4, 0.5) is 5.69 Å². The first-order valence-corrected chi connectivity index (χ1v) is 13.9. The molecule has 0 radical (unpaired) electrons. The van der Waals surface area contributed by atoms with Gasteiger partial charge in [0.25, 0.3) is 0 Å². The molecule has 0 fully saturated rings. The Balaban J connectivity index is 1.21. The molecule has 10 nitrogen and oxygen atoms in total. The highest BCUT2D eigenvalue weighted by molar-refractivity contribution is 7.17. The van der Waals surface area contributed by atoms with Crippen molar-refractivity contribution in [3.63, 3.8) is 0 Å². The Hall–Kier alpha value is -5.55. The van der Waals surface area contributed by atoms with E-state index in [1.54, 1.807) is 31.7 Å². The average Bonchev–Trinajstić information content (AvgIpc) is 3.75. The lowest BCUT2D eigenvalue weighted by atomic mass is 10.1. The SMILES string of the molecule is CC(=O)c1ccc(-c2cncc3[nH]c(-c4n[nH]c5ccc(-c6cncc(NC(=O)Cc7ccccc7)c6)nc45)nc23)s1. The lowest BCUT2D eigenvalue weighted by molar-refractivity contribution is -0.115. The van der Waals surface area contributed by atoms with E-state index >= 15 is 0 Å². The van der Waals surface area contributed by atoms with Crippen LogP contribution in [0, 0.1) is 0 Å². The first kappa shape index (κ1) is 25.4. The minimum absolute atomic E-state index is 0.0225. The van der Waals surface area contributed by atoms with E-state index in [9.17, 15) is 9.59 Å². The summed E-state index contributed by atoms with van der Waals surface area (Å²) < 4.78 is 0. The Morgan fingerprint density at radius 3 is 2.57 bits per heavy atom. The second-order valence-electron chi connectivity index (χ2n) is 9.73. The van der Waals surface area contributed by atoms with E-state index in [0.717, 1.165) is 38.1 Å². The molecule has 0 saturated heterocycles. The zero-order chi connectivity index (χ0) is 28.6.